The van der Waals surface area contributed by atoms with Gasteiger partial charge in [-0.3, -0.25) is 4.90 Å². The molecule has 18 heavy (non-hydrogen) atoms. The van der Waals surface area contributed by atoms with Gasteiger partial charge in [0.15, 0.2) is 0 Å². The lowest BCUT2D eigenvalue weighted by Crippen LogP contribution is -2.42. The summed E-state index contributed by atoms with van der Waals surface area (Å²) in [6.45, 7) is 10.8. The molecule has 4 heteroatoms. The van der Waals surface area contributed by atoms with Crippen molar-refractivity contribution < 1.29 is 9.52 Å². The molecule has 0 aromatic carbocycles. The van der Waals surface area contributed by atoms with Crippen LogP contribution < -0.4 is 0 Å². The fourth-order valence-corrected chi connectivity index (χ4v) is 2.11. The van der Waals surface area contributed by atoms with Gasteiger partial charge in [0.2, 0.25) is 5.89 Å². The van der Waals surface area contributed by atoms with Crippen molar-refractivity contribution in [1.29, 1.82) is 0 Å². The van der Waals surface area contributed by atoms with Crippen LogP contribution in [0.5, 0.6) is 0 Å². The highest BCUT2D eigenvalue weighted by Gasteiger charge is 2.28. The highest BCUT2D eigenvalue weighted by molar-refractivity contribution is 5.06. The van der Waals surface area contributed by atoms with Crippen LogP contribution in [0, 0.1) is 0 Å². The molecule has 0 unspecified atom stereocenters. The van der Waals surface area contributed by atoms with E-state index >= 15 is 0 Å². The third-order valence-electron chi connectivity index (χ3n) is 3.58. The Morgan fingerprint density at radius 2 is 2.00 bits per heavy atom. The molecule has 1 aromatic heterocycles. The molecule has 0 amide bonds. The van der Waals surface area contributed by atoms with Crippen LogP contribution in [0.15, 0.2) is 10.6 Å². The number of likely N-dealkylation sites (tertiary alicyclic amines) is 1. The average Bonchev–Trinajstić information content (AvgIpc) is 2.69. The third-order valence-corrected chi connectivity index (χ3v) is 3.58. The molecule has 0 aliphatic carbocycles. The van der Waals surface area contributed by atoms with Gasteiger partial charge in [-0.25, -0.2) is 4.98 Å². The van der Waals surface area contributed by atoms with Crippen LogP contribution in [0.3, 0.4) is 0 Å². The maximum absolute atomic E-state index is 9.90. The molecule has 102 valence electrons. The zero-order valence-electron chi connectivity index (χ0n) is 11.9. The summed E-state index contributed by atoms with van der Waals surface area (Å²) < 4.78 is 5.79. The van der Waals surface area contributed by atoms with Crippen molar-refractivity contribution in [3.05, 3.63) is 17.8 Å². The first-order chi connectivity index (χ1) is 8.26. The molecule has 0 atom stereocenters. The van der Waals surface area contributed by atoms with Gasteiger partial charge in [-0.1, -0.05) is 20.8 Å². The van der Waals surface area contributed by atoms with E-state index in [9.17, 15) is 5.11 Å². The summed E-state index contributed by atoms with van der Waals surface area (Å²) in [6, 6.07) is 0. The molecule has 0 radical (unpaired) electrons. The minimum atomic E-state index is -0.496. The number of hydrogen-bond donors (Lipinski definition) is 1. The largest absolute Gasteiger partial charge is 0.444 e. The normalized spacial score (nSPS) is 21.2. The molecule has 1 aliphatic heterocycles. The van der Waals surface area contributed by atoms with Gasteiger partial charge in [-0.05, 0) is 19.8 Å². The van der Waals surface area contributed by atoms with Crippen molar-refractivity contribution in [1.82, 2.24) is 9.88 Å². The van der Waals surface area contributed by atoms with E-state index in [4.69, 9.17) is 4.42 Å². The number of piperidine rings is 1. The van der Waals surface area contributed by atoms with E-state index < -0.39 is 5.60 Å². The van der Waals surface area contributed by atoms with Gasteiger partial charge in [0, 0.05) is 18.5 Å². The second-order valence-electron chi connectivity index (χ2n) is 6.64. The van der Waals surface area contributed by atoms with E-state index in [1.807, 2.05) is 13.1 Å². The van der Waals surface area contributed by atoms with Gasteiger partial charge in [0.25, 0.3) is 0 Å². The summed E-state index contributed by atoms with van der Waals surface area (Å²) in [6.07, 6.45) is 3.47. The van der Waals surface area contributed by atoms with E-state index in [1.165, 1.54) is 0 Å². The Morgan fingerprint density at radius 3 is 2.50 bits per heavy atom. The smallest absolute Gasteiger partial charge is 0.208 e. The monoisotopic (exact) mass is 252 g/mol. The highest BCUT2D eigenvalue weighted by Crippen LogP contribution is 2.25. The van der Waals surface area contributed by atoms with Crippen molar-refractivity contribution in [2.24, 2.45) is 0 Å². The Labute approximate surface area is 109 Å². The number of aliphatic hydroxyl groups is 1. The predicted molar refractivity (Wildman–Crippen MR) is 70.3 cm³/mol. The fourth-order valence-electron chi connectivity index (χ4n) is 2.11. The van der Waals surface area contributed by atoms with E-state index in [-0.39, 0.29) is 5.41 Å². The summed E-state index contributed by atoms with van der Waals surface area (Å²) in [5.41, 5.74) is -0.486. The molecule has 4 nitrogen and oxygen atoms in total. The molecule has 1 fully saturated rings. The lowest BCUT2D eigenvalue weighted by molar-refractivity contribution is -0.00920. The first kappa shape index (κ1) is 13.6. The maximum atomic E-state index is 9.90. The summed E-state index contributed by atoms with van der Waals surface area (Å²) >= 11 is 0. The van der Waals surface area contributed by atoms with Crippen LogP contribution in [0.4, 0.5) is 0 Å². The summed E-state index contributed by atoms with van der Waals surface area (Å²) in [4.78, 5) is 6.63. The molecule has 0 bridgehead atoms. The first-order valence-corrected chi connectivity index (χ1v) is 6.66. The summed E-state index contributed by atoms with van der Waals surface area (Å²) in [5.74, 6) is 1.71. The third kappa shape index (κ3) is 3.33. The molecule has 1 aromatic rings. The van der Waals surface area contributed by atoms with Crippen LogP contribution in [0.25, 0.3) is 0 Å². The Hall–Kier alpha value is -0.870. The van der Waals surface area contributed by atoms with E-state index in [1.54, 1.807) is 0 Å². The zero-order valence-corrected chi connectivity index (χ0v) is 11.9. The number of oxazole rings is 1. The topological polar surface area (TPSA) is 49.5 Å². The zero-order chi connectivity index (χ0) is 13.4. The predicted octanol–water partition coefficient (Wildman–Crippen LogP) is 2.32. The average molecular weight is 252 g/mol. The molecule has 0 spiro atoms. The lowest BCUT2D eigenvalue weighted by atomic mass is 9.94. The Morgan fingerprint density at radius 1 is 1.39 bits per heavy atom. The minimum Gasteiger partial charge on any atom is -0.444 e. The molecule has 1 aliphatic rings. The van der Waals surface area contributed by atoms with Crippen molar-refractivity contribution in [3.8, 4) is 0 Å². The van der Waals surface area contributed by atoms with Crippen molar-refractivity contribution >= 4 is 0 Å². The Bertz CT molecular complexity index is 394. The summed E-state index contributed by atoms with van der Waals surface area (Å²) in [7, 11) is 0. The van der Waals surface area contributed by atoms with Gasteiger partial charge in [-0.15, -0.1) is 0 Å². The molecular formula is C14H24N2O2. The number of aromatic nitrogens is 1. The van der Waals surface area contributed by atoms with Crippen molar-refractivity contribution in [2.45, 2.75) is 58.1 Å². The van der Waals surface area contributed by atoms with Crippen LogP contribution in [0.2, 0.25) is 0 Å². The molecule has 0 saturated carbocycles. The lowest BCUT2D eigenvalue weighted by Gasteiger charge is -2.35. The molecule has 1 saturated heterocycles. The van der Waals surface area contributed by atoms with E-state index in [0.29, 0.717) is 0 Å². The maximum Gasteiger partial charge on any atom is 0.208 e. The number of nitrogens with zero attached hydrogens (tertiary/aromatic N) is 2. The molecule has 2 rings (SSSR count). The van der Waals surface area contributed by atoms with Crippen LogP contribution in [0.1, 0.15) is 52.2 Å². The van der Waals surface area contributed by atoms with Crippen molar-refractivity contribution in [3.63, 3.8) is 0 Å². The standard InChI is InChI=1S/C14H24N2O2/c1-13(2,3)11-9-15-12(18-11)10-16-7-5-14(4,17)6-8-16/h9,17H,5-8,10H2,1-4H3. The number of hydrogen-bond acceptors (Lipinski definition) is 4. The van der Waals surface area contributed by atoms with Crippen LogP contribution in [-0.2, 0) is 12.0 Å². The highest BCUT2D eigenvalue weighted by atomic mass is 16.4. The SMILES string of the molecule is CC1(O)CCN(Cc2ncc(C(C)(C)C)o2)CC1. The van der Waals surface area contributed by atoms with Gasteiger partial charge in [0.05, 0.1) is 18.3 Å². The Balaban J connectivity index is 1.93. The van der Waals surface area contributed by atoms with Gasteiger partial charge in [-0.2, -0.15) is 0 Å². The van der Waals surface area contributed by atoms with Crippen LogP contribution >= 0.6 is 0 Å². The Kier molecular flexibility index (Phi) is 3.52. The van der Waals surface area contributed by atoms with Crippen LogP contribution in [-0.4, -0.2) is 33.7 Å². The first-order valence-electron chi connectivity index (χ1n) is 6.66. The fraction of sp³-hybridized carbons (Fsp3) is 0.786. The van der Waals surface area contributed by atoms with Crippen molar-refractivity contribution in [2.75, 3.05) is 13.1 Å². The van der Waals surface area contributed by atoms with Gasteiger partial charge < -0.3 is 9.52 Å². The second kappa shape index (κ2) is 4.67. The summed E-state index contributed by atoms with van der Waals surface area (Å²) in [5, 5.41) is 9.90. The molecule has 2 heterocycles. The quantitative estimate of drug-likeness (QED) is 0.877. The van der Waals surface area contributed by atoms with Gasteiger partial charge >= 0.3 is 0 Å². The van der Waals surface area contributed by atoms with Gasteiger partial charge in [0.1, 0.15) is 5.76 Å². The minimum absolute atomic E-state index is 0.0107. The molecule has 1 N–H and O–H groups in total. The number of rotatable bonds is 2. The second-order valence-corrected chi connectivity index (χ2v) is 6.64. The molecular weight excluding hydrogens is 228 g/mol. The van der Waals surface area contributed by atoms with E-state index in [0.717, 1.165) is 44.1 Å². The van der Waals surface area contributed by atoms with E-state index in [2.05, 4.69) is 30.7 Å².